The third-order valence-corrected chi connectivity index (χ3v) is 3.93. The average molecular weight is 302 g/mol. The lowest BCUT2D eigenvalue weighted by atomic mass is 10.2. The molecule has 0 saturated carbocycles. The summed E-state index contributed by atoms with van der Waals surface area (Å²) in [7, 11) is 0. The van der Waals surface area contributed by atoms with Crippen molar-refractivity contribution >= 4 is 28.6 Å². The smallest absolute Gasteiger partial charge is 0.271 e. The number of amides is 1. The van der Waals surface area contributed by atoms with Gasteiger partial charge < -0.3 is 4.90 Å². The Morgan fingerprint density at radius 3 is 2.71 bits per heavy atom. The first kappa shape index (κ1) is 15.2. The number of carbonyl (C=O) groups is 1. The van der Waals surface area contributed by atoms with E-state index in [0.29, 0.717) is 5.56 Å². The Morgan fingerprint density at radius 1 is 1.33 bits per heavy atom. The van der Waals surface area contributed by atoms with Gasteiger partial charge in [0.1, 0.15) is 0 Å². The van der Waals surface area contributed by atoms with Crippen LogP contribution in [0.2, 0.25) is 0 Å². The van der Waals surface area contributed by atoms with E-state index < -0.39 is 0 Å². The number of carbonyl (C=O) groups excluding carboxylic acids is 1. The summed E-state index contributed by atoms with van der Waals surface area (Å²) >= 11 is 1.55. The third-order valence-electron chi connectivity index (χ3n) is 2.94. The highest BCUT2D eigenvalue weighted by Gasteiger charge is 2.06. The second kappa shape index (κ2) is 7.54. The zero-order valence-corrected chi connectivity index (χ0v) is 12.9. The molecule has 0 aliphatic heterocycles. The van der Waals surface area contributed by atoms with E-state index in [1.165, 1.54) is 0 Å². The molecule has 0 saturated heterocycles. The Morgan fingerprint density at radius 2 is 2.05 bits per heavy atom. The minimum Gasteiger partial charge on any atom is -0.349 e. The molecular weight excluding hydrogens is 284 g/mol. The van der Waals surface area contributed by atoms with E-state index in [2.05, 4.69) is 34.3 Å². The molecule has 0 fully saturated rings. The van der Waals surface area contributed by atoms with Crippen molar-refractivity contribution in [2.45, 2.75) is 13.8 Å². The zero-order chi connectivity index (χ0) is 15.1. The molecule has 21 heavy (non-hydrogen) atoms. The van der Waals surface area contributed by atoms with Gasteiger partial charge in [0.15, 0.2) is 5.13 Å². The predicted molar refractivity (Wildman–Crippen MR) is 87.2 cm³/mol. The van der Waals surface area contributed by atoms with Crippen LogP contribution in [-0.2, 0) is 0 Å². The maximum atomic E-state index is 11.8. The molecule has 2 rings (SSSR count). The van der Waals surface area contributed by atoms with Crippen molar-refractivity contribution in [3.8, 4) is 0 Å². The maximum absolute atomic E-state index is 11.8. The number of hydrogen-bond donors (Lipinski definition) is 1. The molecule has 1 N–H and O–H groups in total. The van der Waals surface area contributed by atoms with Gasteiger partial charge in [-0.3, -0.25) is 4.79 Å². The molecule has 5 nitrogen and oxygen atoms in total. The van der Waals surface area contributed by atoms with Crippen molar-refractivity contribution in [1.82, 2.24) is 10.4 Å². The maximum Gasteiger partial charge on any atom is 0.271 e. The molecule has 0 radical (unpaired) electrons. The van der Waals surface area contributed by atoms with Crippen LogP contribution in [-0.4, -0.2) is 30.2 Å². The van der Waals surface area contributed by atoms with E-state index in [-0.39, 0.29) is 5.91 Å². The molecular formula is C15H18N4OS. The average Bonchev–Trinajstić information content (AvgIpc) is 2.98. The first-order chi connectivity index (χ1) is 10.2. The van der Waals surface area contributed by atoms with Crippen LogP contribution in [0.4, 0.5) is 5.13 Å². The minimum atomic E-state index is -0.222. The highest BCUT2D eigenvalue weighted by Crippen LogP contribution is 2.20. The number of anilines is 1. The number of thiazole rings is 1. The van der Waals surface area contributed by atoms with Crippen LogP contribution >= 0.6 is 11.3 Å². The molecule has 6 heteroatoms. The minimum absolute atomic E-state index is 0.222. The fraction of sp³-hybridized carbons (Fsp3) is 0.267. The molecule has 0 unspecified atom stereocenters. The summed E-state index contributed by atoms with van der Waals surface area (Å²) in [5.74, 6) is -0.222. The summed E-state index contributed by atoms with van der Waals surface area (Å²) in [6.45, 7) is 6.04. The van der Waals surface area contributed by atoms with Crippen LogP contribution in [0.1, 0.15) is 29.1 Å². The quantitative estimate of drug-likeness (QED) is 0.659. The SMILES string of the molecule is CCN(CC)c1ncc(/C=N\NC(=O)c2ccccc2)s1. The number of benzene rings is 1. The van der Waals surface area contributed by atoms with Gasteiger partial charge >= 0.3 is 0 Å². The fourth-order valence-electron chi connectivity index (χ4n) is 1.79. The molecule has 1 aromatic heterocycles. The monoisotopic (exact) mass is 302 g/mol. The van der Waals surface area contributed by atoms with E-state index in [4.69, 9.17) is 0 Å². The lowest BCUT2D eigenvalue weighted by Gasteiger charge is -2.16. The van der Waals surface area contributed by atoms with Crippen molar-refractivity contribution in [3.63, 3.8) is 0 Å². The summed E-state index contributed by atoms with van der Waals surface area (Å²) in [4.78, 5) is 19.2. The van der Waals surface area contributed by atoms with E-state index in [1.54, 1.807) is 35.9 Å². The number of hydrogen-bond acceptors (Lipinski definition) is 5. The summed E-state index contributed by atoms with van der Waals surface area (Å²) in [6, 6.07) is 8.99. The van der Waals surface area contributed by atoms with Crippen molar-refractivity contribution < 1.29 is 4.79 Å². The molecule has 0 spiro atoms. The third kappa shape index (κ3) is 4.13. The molecule has 1 amide bonds. The number of hydrazone groups is 1. The topological polar surface area (TPSA) is 57.6 Å². The molecule has 0 bridgehead atoms. The van der Waals surface area contributed by atoms with E-state index in [1.807, 2.05) is 18.2 Å². The summed E-state index contributed by atoms with van der Waals surface area (Å²) in [5, 5.41) is 4.94. The molecule has 0 aliphatic carbocycles. The van der Waals surface area contributed by atoms with Crippen molar-refractivity contribution in [2.75, 3.05) is 18.0 Å². The molecule has 1 aromatic carbocycles. The highest BCUT2D eigenvalue weighted by atomic mass is 32.1. The summed E-state index contributed by atoms with van der Waals surface area (Å²) < 4.78 is 0. The Kier molecular flexibility index (Phi) is 5.45. The second-order valence-corrected chi connectivity index (χ2v) is 5.32. The standard InChI is InChI=1S/C15H18N4OS/c1-3-19(4-2)15-16-10-13(21-15)11-17-18-14(20)12-8-6-5-7-9-12/h5-11H,3-4H2,1-2H3,(H,18,20)/b17-11-. The van der Waals surface area contributed by atoms with E-state index >= 15 is 0 Å². The first-order valence-corrected chi connectivity index (χ1v) is 7.65. The Hall–Kier alpha value is -2.21. The van der Waals surface area contributed by atoms with Crippen LogP contribution in [0.5, 0.6) is 0 Å². The van der Waals surface area contributed by atoms with Gasteiger partial charge in [-0.05, 0) is 26.0 Å². The number of rotatable bonds is 6. The number of nitrogens with one attached hydrogen (secondary N) is 1. The molecule has 2 aromatic rings. The van der Waals surface area contributed by atoms with Gasteiger partial charge in [0, 0.05) is 24.8 Å². The zero-order valence-electron chi connectivity index (χ0n) is 12.1. The Balaban J connectivity index is 1.94. The lowest BCUT2D eigenvalue weighted by molar-refractivity contribution is 0.0955. The van der Waals surface area contributed by atoms with Crippen LogP contribution < -0.4 is 10.3 Å². The van der Waals surface area contributed by atoms with Crippen LogP contribution in [0, 0.1) is 0 Å². The van der Waals surface area contributed by atoms with Gasteiger partial charge in [0.25, 0.3) is 5.91 Å². The summed E-state index contributed by atoms with van der Waals surface area (Å²) in [5.41, 5.74) is 3.10. The van der Waals surface area contributed by atoms with E-state index in [9.17, 15) is 4.79 Å². The van der Waals surface area contributed by atoms with Gasteiger partial charge in [-0.25, -0.2) is 10.4 Å². The van der Waals surface area contributed by atoms with Gasteiger partial charge in [-0.2, -0.15) is 5.10 Å². The van der Waals surface area contributed by atoms with Crippen molar-refractivity contribution in [3.05, 3.63) is 47.0 Å². The van der Waals surface area contributed by atoms with Gasteiger partial charge in [-0.1, -0.05) is 29.5 Å². The summed E-state index contributed by atoms with van der Waals surface area (Å²) in [6.07, 6.45) is 3.38. The molecule has 0 atom stereocenters. The van der Waals surface area contributed by atoms with Crippen LogP contribution in [0.3, 0.4) is 0 Å². The van der Waals surface area contributed by atoms with Gasteiger partial charge in [-0.15, -0.1) is 0 Å². The van der Waals surface area contributed by atoms with Crippen molar-refractivity contribution in [2.24, 2.45) is 5.10 Å². The normalized spacial score (nSPS) is 10.8. The van der Waals surface area contributed by atoms with E-state index in [0.717, 1.165) is 23.1 Å². The molecule has 110 valence electrons. The van der Waals surface area contributed by atoms with Gasteiger partial charge in [0.2, 0.25) is 0 Å². The van der Waals surface area contributed by atoms with Crippen molar-refractivity contribution in [1.29, 1.82) is 0 Å². The lowest BCUT2D eigenvalue weighted by Crippen LogP contribution is -2.21. The molecule has 0 aliphatic rings. The Labute approximate surface area is 128 Å². The number of nitrogens with zero attached hydrogens (tertiary/aromatic N) is 3. The Bertz CT molecular complexity index is 605. The van der Waals surface area contributed by atoms with Gasteiger partial charge in [0.05, 0.1) is 11.1 Å². The highest BCUT2D eigenvalue weighted by molar-refractivity contribution is 7.17. The second-order valence-electron chi connectivity index (χ2n) is 4.28. The van der Waals surface area contributed by atoms with Crippen LogP contribution in [0.25, 0.3) is 0 Å². The number of aromatic nitrogens is 1. The van der Waals surface area contributed by atoms with Crippen LogP contribution in [0.15, 0.2) is 41.6 Å². The predicted octanol–water partition coefficient (Wildman–Crippen LogP) is 2.75. The first-order valence-electron chi connectivity index (χ1n) is 6.83. The molecule has 1 heterocycles. The fourth-order valence-corrected chi connectivity index (χ4v) is 2.70. The largest absolute Gasteiger partial charge is 0.349 e.